The van der Waals surface area contributed by atoms with E-state index in [4.69, 9.17) is 0 Å². The third kappa shape index (κ3) is 4.08. The molecule has 3 aromatic carbocycles. The van der Waals surface area contributed by atoms with Gasteiger partial charge in [-0.25, -0.2) is 16.8 Å². The summed E-state index contributed by atoms with van der Waals surface area (Å²) in [7, 11) is -5.91. The monoisotopic (exact) mass is 453 g/mol. The molecule has 5 nitrogen and oxygen atoms in total. The van der Waals surface area contributed by atoms with Crippen molar-refractivity contribution in [2.45, 2.75) is 21.1 Å². The van der Waals surface area contributed by atoms with Crippen molar-refractivity contribution in [3.8, 4) is 0 Å². The highest BCUT2D eigenvalue weighted by molar-refractivity contribution is 7.95. The lowest BCUT2D eigenvalue weighted by molar-refractivity contribution is 0.258. The Labute approximate surface area is 183 Å². The van der Waals surface area contributed by atoms with Crippen LogP contribution in [0.5, 0.6) is 0 Å². The Morgan fingerprint density at radius 3 is 1.74 bits per heavy atom. The zero-order valence-electron chi connectivity index (χ0n) is 17.0. The molecule has 0 saturated carbocycles. The second kappa shape index (κ2) is 8.42. The van der Waals surface area contributed by atoms with Crippen molar-refractivity contribution in [2.75, 3.05) is 13.6 Å². The van der Waals surface area contributed by atoms with Crippen LogP contribution in [-0.2, 0) is 19.7 Å². The van der Waals surface area contributed by atoms with Gasteiger partial charge in [-0.05, 0) is 43.0 Å². The lowest BCUT2D eigenvalue weighted by atomic mass is 9.99. The lowest BCUT2D eigenvalue weighted by Crippen LogP contribution is -2.43. The van der Waals surface area contributed by atoms with Gasteiger partial charge in [-0.15, -0.1) is 0 Å². The highest BCUT2D eigenvalue weighted by Gasteiger charge is 2.42. The number of rotatable bonds is 5. The average molecular weight is 454 g/mol. The van der Waals surface area contributed by atoms with Crippen molar-refractivity contribution < 1.29 is 16.8 Å². The van der Waals surface area contributed by atoms with E-state index >= 15 is 0 Å². The normalized spacial score (nSPS) is 20.2. The summed E-state index contributed by atoms with van der Waals surface area (Å²) in [6.45, 7) is 0.123. The van der Waals surface area contributed by atoms with Crippen molar-refractivity contribution in [2.24, 2.45) is 0 Å². The number of hydrogen-bond acceptors (Lipinski definition) is 5. The molecule has 1 heterocycles. The minimum Gasteiger partial charge on any atom is -0.293 e. The van der Waals surface area contributed by atoms with Crippen LogP contribution in [0.25, 0.3) is 0 Å². The molecular formula is C24H23NO4S2. The Morgan fingerprint density at radius 1 is 0.710 bits per heavy atom. The van der Waals surface area contributed by atoms with Crippen LogP contribution >= 0.6 is 0 Å². The first-order valence-corrected chi connectivity index (χ1v) is 12.9. The minimum atomic E-state index is -3.85. The second-order valence-corrected chi connectivity index (χ2v) is 11.7. The topological polar surface area (TPSA) is 71.5 Å². The van der Waals surface area contributed by atoms with Gasteiger partial charge in [-0.1, -0.05) is 66.7 Å². The zero-order valence-corrected chi connectivity index (χ0v) is 18.6. The van der Waals surface area contributed by atoms with Gasteiger partial charge in [0.05, 0.1) is 20.7 Å². The molecule has 7 heteroatoms. The summed E-state index contributed by atoms with van der Waals surface area (Å²) in [5, 5.41) is -1.05. The van der Waals surface area contributed by atoms with Gasteiger partial charge in [-0.2, -0.15) is 0 Å². The molecule has 3 aromatic rings. The lowest BCUT2D eigenvalue weighted by Gasteiger charge is -2.38. The summed E-state index contributed by atoms with van der Waals surface area (Å²) < 4.78 is 53.9. The van der Waals surface area contributed by atoms with Crippen LogP contribution in [-0.4, -0.2) is 40.6 Å². The smallest absolute Gasteiger partial charge is 0.203 e. The molecule has 160 valence electrons. The van der Waals surface area contributed by atoms with Crippen LogP contribution in [0, 0.1) is 0 Å². The van der Waals surface area contributed by atoms with Crippen molar-refractivity contribution in [1.82, 2.24) is 4.90 Å². The first kappa shape index (κ1) is 21.5. The standard InChI is InChI=1S/C24H23NO4S2/c1-25-18-22(30(26,27)20-13-7-3-8-14-20)17-23(24(25)19-11-5-2-6-12-19)31(28,29)21-15-9-4-10-16-21/h2-17,23-24H,18H2,1H3/t23-,24-/m0/s1. The van der Waals surface area contributed by atoms with Gasteiger partial charge in [0.2, 0.25) is 9.84 Å². The molecule has 1 aliphatic heterocycles. The minimum absolute atomic E-state index is 0.0953. The molecular weight excluding hydrogens is 430 g/mol. The van der Waals surface area contributed by atoms with Crippen molar-refractivity contribution in [1.29, 1.82) is 0 Å². The average Bonchev–Trinajstić information content (AvgIpc) is 2.80. The molecule has 4 rings (SSSR count). The van der Waals surface area contributed by atoms with E-state index in [1.54, 1.807) is 60.5 Å². The summed E-state index contributed by atoms with van der Waals surface area (Å²) in [5.41, 5.74) is 0.821. The van der Waals surface area contributed by atoms with E-state index in [1.165, 1.54) is 18.2 Å². The molecule has 0 aromatic heterocycles. The Bertz CT molecular complexity index is 1290. The van der Waals surface area contributed by atoms with E-state index < -0.39 is 31.0 Å². The zero-order chi connectivity index (χ0) is 22.1. The number of hydrogen-bond donors (Lipinski definition) is 0. The van der Waals surface area contributed by atoms with Gasteiger partial charge in [0.25, 0.3) is 0 Å². The first-order valence-electron chi connectivity index (χ1n) is 9.87. The third-order valence-corrected chi connectivity index (χ3v) is 9.40. The van der Waals surface area contributed by atoms with E-state index in [0.29, 0.717) is 0 Å². The molecule has 1 aliphatic rings. The Hall–Kier alpha value is -2.74. The largest absolute Gasteiger partial charge is 0.293 e. The third-order valence-electron chi connectivity index (χ3n) is 5.51. The van der Waals surface area contributed by atoms with E-state index in [-0.39, 0.29) is 21.2 Å². The molecule has 0 aliphatic carbocycles. The number of likely N-dealkylation sites (N-methyl/N-ethyl adjacent to an activating group) is 1. The van der Waals surface area contributed by atoms with Crippen LogP contribution in [0.15, 0.2) is 112 Å². The number of sulfone groups is 2. The van der Waals surface area contributed by atoms with Crippen molar-refractivity contribution >= 4 is 19.7 Å². The van der Waals surface area contributed by atoms with Crippen LogP contribution in [0.1, 0.15) is 11.6 Å². The van der Waals surface area contributed by atoms with E-state index in [2.05, 4.69) is 0 Å². The first-order chi connectivity index (χ1) is 14.8. The predicted octanol–water partition coefficient (Wildman–Crippen LogP) is 3.87. The maximum absolute atomic E-state index is 13.7. The molecule has 0 N–H and O–H groups in total. The molecule has 0 spiro atoms. The van der Waals surface area contributed by atoms with Gasteiger partial charge >= 0.3 is 0 Å². The van der Waals surface area contributed by atoms with Crippen molar-refractivity contribution in [3.63, 3.8) is 0 Å². The van der Waals surface area contributed by atoms with E-state index in [9.17, 15) is 16.8 Å². The molecule has 0 fully saturated rings. The fraction of sp³-hybridized carbons (Fsp3) is 0.167. The van der Waals surface area contributed by atoms with Crippen LogP contribution in [0.3, 0.4) is 0 Å². The van der Waals surface area contributed by atoms with Crippen LogP contribution < -0.4 is 0 Å². The molecule has 31 heavy (non-hydrogen) atoms. The molecule has 0 saturated heterocycles. The fourth-order valence-corrected chi connectivity index (χ4v) is 7.47. The summed E-state index contributed by atoms with van der Waals surface area (Å²) in [5.74, 6) is 0. The SMILES string of the molecule is CN1CC(S(=O)(=O)c2ccccc2)=C[C@H](S(=O)(=O)c2ccccc2)[C@@H]1c1ccccc1. The van der Waals surface area contributed by atoms with Crippen LogP contribution in [0.4, 0.5) is 0 Å². The summed E-state index contributed by atoms with van der Waals surface area (Å²) in [6, 6.07) is 25.1. The Kier molecular flexibility index (Phi) is 5.83. The predicted molar refractivity (Wildman–Crippen MR) is 121 cm³/mol. The Morgan fingerprint density at radius 2 is 1.19 bits per heavy atom. The summed E-state index contributed by atoms with van der Waals surface area (Å²) >= 11 is 0. The molecule has 0 radical (unpaired) electrons. The van der Waals surface area contributed by atoms with Gasteiger partial charge < -0.3 is 0 Å². The van der Waals surface area contributed by atoms with Crippen molar-refractivity contribution in [3.05, 3.63) is 108 Å². The molecule has 0 amide bonds. The number of nitrogens with zero attached hydrogens (tertiary/aromatic N) is 1. The second-order valence-electron chi connectivity index (χ2n) is 7.54. The molecule has 0 bridgehead atoms. The van der Waals surface area contributed by atoms with Gasteiger partial charge in [0.15, 0.2) is 9.84 Å². The Balaban J connectivity index is 1.89. The molecule has 2 atom stereocenters. The van der Waals surface area contributed by atoms with Crippen LogP contribution in [0.2, 0.25) is 0 Å². The van der Waals surface area contributed by atoms with E-state index in [0.717, 1.165) is 5.56 Å². The highest BCUT2D eigenvalue weighted by Crippen LogP contribution is 2.38. The quantitative estimate of drug-likeness (QED) is 0.586. The number of benzene rings is 3. The molecule has 0 unspecified atom stereocenters. The maximum atomic E-state index is 13.7. The highest BCUT2D eigenvalue weighted by atomic mass is 32.2. The van der Waals surface area contributed by atoms with E-state index in [1.807, 2.05) is 30.3 Å². The fourth-order valence-electron chi connectivity index (χ4n) is 3.97. The summed E-state index contributed by atoms with van der Waals surface area (Å²) in [4.78, 5) is 2.22. The van der Waals surface area contributed by atoms with Gasteiger partial charge in [0.1, 0.15) is 5.25 Å². The van der Waals surface area contributed by atoms with Gasteiger partial charge in [0, 0.05) is 6.54 Å². The van der Waals surface area contributed by atoms with Gasteiger partial charge in [-0.3, -0.25) is 4.90 Å². The summed E-state index contributed by atoms with van der Waals surface area (Å²) in [6.07, 6.45) is 1.43. The maximum Gasteiger partial charge on any atom is 0.203 e.